The van der Waals surface area contributed by atoms with E-state index in [0.29, 0.717) is 10.2 Å². The van der Waals surface area contributed by atoms with Gasteiger partial charge in [0, 0.05) is 35.4 Å². The van der Waals surface area contributed by atoms with Crippen LogP contribution in [0, 0.1) is 10.1 Å². The molecule has 0 atom stereocenters. The van der Waals surface area contributed by atoms with Gasteiger partial charge >= 0.3 is 0 Å². The second-order valence-corrected chi connectivity index (χ2v) is 5.22. The van der Waals surface area contributed by atoms with E-state index in [0.717, 1.165) is 25.9 Å². The van der Waals surface area contributed by atoms with E-state index in [4.69, 9.17) is 0 Å². The third kappa shape index (κ3) is 3.44. The van der Waals surface area contributed by atoms with Crippen LogP contribution in [-0.2, 0) is 4.79 Å². The van der Waals surface area contributed by atoms with E-state index in [9.17, 15) is 14.9 Å². The minimum absolute atomic E-state index is 0.0169. The van der Waals surface area contributed by atoms with Crippen molar-refractivity contribution in [1.82, 2.24) is 4.90 Å². The highest BCUT2D eigenvalue weighted by molar-refractivity contribution is 9.10. The fraction of sp³-hybridized carbons (Fsp3) is 0.417. The maximum atomic E-state index is 11.8. The smallest absolute Gasteiger partial charge is 0.270 e. The lowest BCUT2D eigenvalue weighted by molar-refractivity contribution is -0.384. The largest absolute Gasteiger partial charge is 0.375 e. The summed E-state index contributed by atoms with van der Waals surface area (Å²) in [4.78, 5) is 23.8. The molecule has 0 aliphatic carbocycles. The van der Waals surface area contributed by atoms with Crippen LogP contribution in [-0.4, -0.2) is 35.4 Å². The van der Waals surface area contributed by atoms with Crippen LogP contribution in [0.25, 0.3) is 0 Å². The number of nitro groups is 1. The number of hydrogen-bond acceptors (Lipinski definition) is 4. The van der Waals surface area contributed by atoms with Gasteiger partial charge in [0.15, 0.2) is 0 Å². The number of amides is 1. The summed E-state index contributed by atoms with van der Waals surface area (Å²) in [7, 11) is 0. The zero-order valence-corrected chi connectivity index (χ0v) is 11.9. The lowest BCUT2D eigenvalue weighted by Gasteiger charge is -2.16. The van der Waals surface area contributed by atoms with E-state index in [1.807, 2.05) is 4.90 Å². The molecule has 102 valence electrons. The van der Waals surface area contributed by atoms with Crippen molar-refractivity contribution in [1.29, 1.82) is 0 Å². The molecule has 1 aromatic carbocycles. The highest BCUT2D eigenvalue weighted by atomic mass is 79.9. The first-order valence-corrected chi connectivity index (χ1v) is 6.83. The van der Waals surface area contributed by atoms with Crippen LogP contribution < -0.4 is 5.32 Å². The second-order valence-electron chi connectivity index (χ2n) is 4.36. The molecule has 7 heteroatoms. The predicted molar refractivity (Wildman–Crippen MR) is 75.1 cm³/mol. The molecule has 1 fully saturated rings. The van der Waals surface area contributed by atoms with Gasteiger partial charge in [0.1, 0.15) is 0 Å². The van der Waals surface area contributed by atoms with Gasteiger partial charge in [-0.25, -0.2) is 0 Å². The fourth-order valence-corrected chi connectivity index (χ4v) is 2.52. The number of anilines is 1. The van der Waals surface area contributed by atoms with Crippen LogP contribution in [0.15, 0.2) is 22.7 Å². The van der Waals surface area contributed by atoms with Crippen molar-refractivity contribution < 1.29 is 9.72 Å². The Labute approximate surface area is 119 Å². The third-order valence-electron chi connectivity index (χ3n) is 3.05. The van der Waals surface area contributed by atoms with Gasteiger partial charge in [-0.2, -0.15) is 0 Å². The van der Waals surface area contributed by atoms with Crippen LogP contribution >= 0.6 is 15.9 Å². The fourth-order valence-electron chi connectivity index (χ4n) is 2.01. The van der Waals surface area contributed by atoms with Gasteiger partial charge in [-0.05, 0) is 34.8 Å². The standard InChI is InChI=1S/C12H14BrN3O3/c13-10-7-9(16(18)19)3-4-11(10)14-8-12(17)15-5-1-2-6-15/h3-4,7,14H,1-2,5-6,8H2. The van der Waals surface area contributed by atoms with Gasteiger partial charge in [0.25, 0.3) is 5.69 Å². The summed E-state index contributed by atoms with van der Waals surface area (Å²) in [6.07, 6.45) is 2.12. The number of rotatable bonds is 4. The molecule has 0 radical (unpaired) electrons. The van der Waals surface area contributed by atoms with Crippen molar-refractivity contribution in [3.63, 3.8) is 0 Å². The summed E-state index contributed by atoms with van der Waals surface area (Å²) in [5.41, 5.74) is 0.696. The molecule has 19 heavy (non-hydrogen) atoms. The molecule has 1 aliphatic rings. The zero-order valence-electron chi connectivity index (χ0n) is 10.3. The number of nitrogens with zero attached hydrogens (tertiary/aromatic N) is 2. The van der Waals surface area contributed by atoms with Crippen LogP contribution in [0.2, 0.25) is 0 Å². The molecule has 0 unspecified atom stereocenters. The van der Waals surface area contributed by atoms with Crippen molar-refractivity contribution in [2.45, 2.75) is 12.8 Å². The molecule has 0 spiro atoms. The molecule has 0 saturated carbocycles. The predicted octanol–water partition coefficient (Wildman–Crippen LogP) is 2.39. The van der Waals surface area contributed by atoms with Crippen LogP contribution in [0.4, 0.5) is 11.4 Å². The molecule has 1 aromatic rings. The van der Waals surface area contributed by atoms with Gasteiger partial charge in [-0.15, -0.1) is 0 Å². The molecule has 1 amide bonds. The van der Waals surface area contributed by atoms with E-state index >= 15 is 0 Å². The average Bonchev–Trinajstić information content (AvgIpc) is 2.90. The number of benzene rings is 1. The number of nitro benzene ring substituents is 1. The zero-order chi connectivity index (χ0) is 13.8. The first-order chi connectivity index (χ1) is 9.08. The van der Waals surface area contributed by atoms with Crippen molar-refractivity contribution in [3.8, 4) is 0 Å². The molecule has 2 rings (SSSR count). The molecule has 1 heterocycles. The molecular formula is C12H14BrN3O3. The molecule has 1 N–H and O–H groups in total. The number of carbonyl (C=O) groups is 1. The number of hydrogen-bond donors (Lipinski definition) is 1. The number of non-ortho nitro benzene ring substituents is 1. The normalized spacial score (nSPS) is 14.5. The van der Waals surface area contributed by atoms with Gasteiger partial charge < -0.3 is 10.2 Å². The third-order valence-corrected chi connectivity index (χ3v) is 3.71. The van der Waals surface area contributed by atoms with Gasteiger partial charge in [0.05, 0.1) is 11.5 Å². The summed E-state index contributed by atoms with van der Waals surface area (Å²) < 4.78 is 0.580. The Hall–Kier alpha value is -1.63. The van der Waals surface area contributed by atoms with Crippen molar-refractivity contribution >= 4 is 33.2 Å². The number of carbonyl (C=O) groups excluding carboxylic acids is 1. The van der Waals surface area contributed by atoms with Gasteiger partial charge in [-0.3, -0.25) is 14.9 Å². The number of likely N-dealkylation sites (tertiary alicyclic amines) is 1. The Morgan fingerprint density at radius 3 is 2.68 bits per heavy atom. The average molecular weight is 328 g/mol. The molecule has 6 nitrogen and oxygen atoms in total. The summed E-state index contributed by atoms with van der Waals surface area (Å²) >= 11 is 3.26. The molecule has 0 bridgehead atoms. The topological polar surface area (TPSA) is 75.5 Å². The number of nitrogens with one attached hydrogen (secondary N) is 1. The maximum absolute atomic E-state index is 11.8. The Morgan fingerprint density at radius 1 is 1.42 bits per heavy atom. The van der Waals surface area contributed by atoms with Crippen LogP contribution in [0.1, 0.15) is 12.8 Å². The summed E-state index contributed by atoms with van der Waals surface area (Å²) in [5.74, 6) is 0.0581. The van der Waals surface area contributed by atoms with E-state index in [-0.39, 0.29) is 18.1 Å². The summed E-state index contributed by atoms with van der Waals surface area (Å²) in [5, 5.41) is 13.6. The monoisotopic (exact) mass is 327 g/mol. The second kappa shape index (κ2) is 6.01. The van der Waals surface area contributed by atoms with E-state index in [1.54, 1.807) is 6.07 Å². The van der Waals surface area contributed by atoms with Gasteiger partial charge in [0.2, 0.25) is 5.91 Å². The highest BCUT2D eigenvalue weighted by Crippen LogP contribution is 2.26. The lowest BCUT2D eigenvalue weighted by atomic mass is 10.3. The minimum atomic E-state index is -0.454. The van der Waals surface area contributed by atoms with Crippen LogP contribution in [0.3, 0.4) is 0 Å². The first-order valence-electron chi connectivity index (χ1n) is 6.03. The van der Waals surface area contributed by atoms with E-state index in [1.165, 1.54) is 12.1 Å². The summed E-state index contributed by atoms with van der Waals surface area (Å²) in [6.45, 7) is 1.85. The Balaban J connectivity index is 1.95. The highest BCUT2D eigenvalue weighted by Gasteiger charge is 2.17. The summed E-state index contributed by atoms with van der Waals surface area (Å²) in [6, 6.07) is 4.43. The van der Waals surface area contributed by atoms with Crippen molar-refractivity contribution in [3.05, 3.63) is 32.8 Å². The Morgan fingerprint density at radius 2 is 2.11 bits per heavy atom. The van der Waals surface area contributed by atoms with E-state index in [2.05, 4.69) is 21.2 Å². The maximum Gasteiger partial charge on any atom is 0.270 e. The van der Waals surface area contributed by atoms with Crippen molar-refractivity contribution in [2.75, 3.05) is 25.0 Å². The van der Waals surface area contributed by atoms with E-state index < -0.39 is 4.92 Å². The van der Waals surface area contributed by atoms with Crippen molar-refractivity contribution in [2.24, 2.45) is 0 Å². The van der Waals surface area contributed by atoms with Crippen LogP contribution in [0.5, 0.6) is 0 Å². The number of halogens is 1. The molecular weight excluding hydrogens is 314 g/mol. The minimum Gasteiger partial charge on any atom is -0.375 e. The molecule has 1 aliphatic heterocycles. The Kier molecular flexibility index (Phi) is 4.36. The Bertz CT molecular complexity index is 501. The molecule has 1 saturated heterocycles. The SMILES string of the molecule is O=C(CNc1ccc([N+](=O)[O-])cc1Br)N1CCCC1. The quantitative estimate of drug-likeness (QED) is 0.680. The molecule has 0 aromatic heterocycles. The lowest BCUT2D eigenvalue weighted by Crippen LogP contribution is -2.33. The first kappa shape index (κ1) is 13.8. The van der Waals surface area contributed by atoms with Gasteiger partial charge in [-0.1, -0.05) is 0 Å².